The largest absolute Gasteiger partial charge is 0.352 e. The molecular formula is C8H17N3O. The zero-order valence-corrected chi connectivity index (χ0v) is 7.47. The SMILES string of the molecule is CNC1CCC(NC(N)=O)CC1. The lowest BCUT2D eigenvalue weighted by molar-refractivity contribution is 0.238. The second-order valence-corrected chi connectivity index (χ2v) is 3.35. The number of nitrogens with one attached hydrogen (secondary N) is 2. The van der Waals surface area contributed by atoms with E-state index in [1.165, 1.54) is 0 Å². The van der Waals surface area contributed by atoms with Gasteiger partial charge in [0.2, 0.25) is 0 Å². The summed E-state index contributed by atoms with van der Waals surface area (Å²) in [6.45, 7) is 0. The number of carbonyl (C=O) groups is 1. The van der Waals surface area contributed by atoms with Crippen molar-refractivity contribution in [3.05, 3.63) is 0 Å². The molecule has 0 bridgehead atoms. The normalized spacial score (nSPS) is 29.8. The van der Waals surface area contributed by atoms with E-state index >= 15 is 0 Å². The van der Waals surface area contributed by atoms with Crippen LogP contribution in [0.4, 0.5) is 4.79 Å². The molecule has 1 fully saturated rings. The van der Waals surface area contributed by atoms with E-state index in [0.29, 0.717) is 12.1 Å². The van der Waals surface area contributed by atoms with Gasteiger partial charge in [-0.15, -0.1) is 0 Å². The molecule has 0 aromatic heterocycles. The molecule has 4 N–H and O–H groups in total. The summed E-state index contributed by atoms with van der Waals surface area (Å²) < 4.78 is 0. The Morgan fingerprint density at radius 2 is 1.75 bits per heavy atom. The highest BCUT2D eigenvalue weighted by Crippen LogP contribution is 2.17. The molecule has 0 saturated heterocycles. The van der Waals surface area contributed by atoms with Gasteiger partial charge < -0.3 is 16.4 Å². The summed E-state index contributed by atoms with van der Waals surface area (Å²) >= 11 is 0. The first-order valence-corrected chi connectivity index (χ1v) is 4.45. The van der Waals surface area contributed by atoms with Crippen LogP contribution in [0.3, 0.4) is 0 Å². The van der Waals surface area contributed by atoms with Gasteiger partial charge in [0.15, 0.2) is 0 Å². The van der Waals surface area contributed by atoms with E-state index in [2.05, 4.69) is 10.6 Å². The molecule has 0 aromatic rings. The van der Waals surface area contributed by atoms with Crippen LogP contribution < -0.4 is 16.4 Å². The summed E-state index contributed by atoms with van der Waals surface area (Å²) in [6, 6.07) is 0.519. The van der Waals surface area contributed by atoms with Crippen LogP contribution in [0.5, 0.6) is 0 Å². The van der Waals surface area contributed by atoms with Gasteiger partial charge >= 0.3 is 6.03 Å². The third kappa shape index (κ3) is 2.70. The summed E-state index contributed by atoms with van der Waals surface area (Å²) in [5.41, 5.74) is 5.02. The number of primary amides is 1. The Labute approximate surface area is 72.9 Å². The third-order valence-electron chi connectivity index (χ3n) is 2.48. The maximum Gasteiger partial charge on any atom is 0.312 e. The number of rotatable bonds is 2. The number of hydrogen-bond acceptors (Lipinski definition) is 2. The van der Waals surface area contributed by atoms with Gasteiger partial charge in [-0.2, -0.15) is 0 Å². The van der Waals surface area contributed by atoms with Gasteiger partial charge in [-0.05, 0) is 32.7 Å². The Hall–Kier alpha value is -0.770. The van der Waals surface area contributed by atoms with Gasteiger partial charge in [0.1, 0.15) is 0 Å². The van der Waals surface area contributed by atoms with E-state index < -0.39 is 6.03 Å². The van der Waals surface area contributed by atoms with Crippen molar-refractivity contribution in [2.75, 3.05) is 7.05 Å². The van der Waals surface area contributed by atoms with Gasteiger partial charge in [0.25, 0.3) is 0 Å². The number of carbonyl (C=O) groups excluding carboxylic acids is 1. The van der Waals surface area contributed by atoms with E-state index in [-0.39, 0.29) is 0 Å². The smallest absolute Gasteiger partial charge is 0.312 e. The molecule has 1 rings (SSSR count). The van der Waals surface area contributed by atoms with E-state index in [1.54, 1.807) is 0 Å². The van der Waals surface area contributed by atoms with E-state index in [9.17, 15) is 4.79 Å². The molecule has 0 radical (unpaired) electrons. The van der Waals surface area contributed by atoms with E-state index in [1.807, 2.05) is 7.05 Å². The average molecular weight is 171 g/mol. The van der Waals surface area contributed by atoms with Gasteiger partial charge in [0.05, 0.1) is 0 Å². The monoisotopic (exact) mass is 171 g/mol. The molecule has 0 atom stereocenters. The maximum atomic E-state index is 10.5. The first-order chi connectivity index (χ1) is 5.72. The number of hydrogen-bond donors (Lipinski definition) is 3. The zero-order chi connectivity index (χ0) is 8.97. The average Bonchev–Trinajstić information content (AvgIpc) is 2.05. The minimum Gasteiger partial charge on any atom is -0.352 e. The Bertz CT molecular complexity index is 152. The molecule has 0 aromatic carbocycles. The van der Waals surface area contributed by atoms with Gasteiger partial charge in [-0.3, -0.25) is 0 Å². The van der Waals surface area contributed by atoms with Gasteiger partial charge in [-0.1, -0.05) is 0 Å². The molecule has 1 aliphatic rings. The zero-order valence-electron chi connectivity index (χ0n) is 7.47. The molecule has 0 spiro atoms. The summed E-state index contributed by atoms with van der Waals surface area (Å²) in [7, 11) is 1.98. The second kappa shape index (κ2) is 4.30. The Balaban J connectivity index is 2.21. The molecule has 4 nitrogen and oxygen atoms in total. The van der Waals surface area contributed by atoms with Crippen LogP contribution in [-0.2, 0) is 0 Å². The topological polar surface area (TPSA) is 67.2 Å². The van der Waals surface area contributed by atoms with Crippen LogP contribution in [-0.4, -0.2) is 25.2 Å². The van der Waals surface area contributed by atoms with Crippen molar-refractivity contribution in [2.45, 2.75) is 37.8 Å². The molecule has 0 heterocycles. The standard InChI is InChI=1S/C8H17N3O/c1-10-6-2-4-7(5-3-6)11-8(9)12/h6-7,10H,2-5H2,1H3,(H3,9,11,12). The van der Waals surface area contributed by atoms with Crippen LogP contribution in [0, 0.1) is 0 Å². The van der Waals surface area contributed by atoms with Crippen molar-refractivity contribution in [2.24, 2.45) is 5.73 Å². The van der Waals surface area contributed by atoms with Crippen LogP contribution in [0.2, 0.25) is 0 Å². The third-order valence-corrected chi connectivity index (χ3v) is 2.48. The van der Waals surface area contributed by atoms with Crippen LogP contribution in [0.1, 0.15) is 25.7 Å². The molecule has 70 valence electrons. The van der Waals surface area contributed by atoms with E-state index in [4.69, 9.17) is 5.73 Å². The number of amides is 2. The fourth-order valence-corrected chi connectivity index (χ4v) is 1.73. The molecule has 2 amide bonds. The van der Waals surface area contributed by atoms with Crippen molar-refractivity contribution >= 4 is 6.03 Å². The molecule has 0 unspecified atom stereocenters. The Kier molecular flexibility index (Phi) is 3.34. The minimum absolute atomic E-state index is 0.298. The van der Waals surface area contributed by atoms with E-state index in [0.717, 1.165) is 25.7 Å². The quantitative estimate of drug-likeness (QED) is 0.555. The summed E-state index contributed by atoms with van der Waals surface area (Å²) in [5, 5.41) is 5.97. The van der Waals surface area contributed by atoms with Crippen LogP contribution in [0.25, 0.3) is 0 Å². The lowest BCUT2D eigenvalue weighted by Gasteiger charge is -2.28. The highest BCUT2D eigenvalue weighted by atomic mass is 16.2. The summed E-state index contributed by atoms with van der Waals surface area (Å²) in [4.78, 5) is 10.5. The van der Waals surface area contributed by atoms with Crippen molar-refractivity contribution in [1.29, 1.82) is 0 Å². The highest BCUT2D eigenvalue weighted by Gasteiger charge is 2.20. The van der Waals surface area contributed by atoms with Gasteiger partial charge in [-0.25, -0.2) is 4.79 Å². The predicted molar refractivity (Wildman–Crippen MR) is 47.8 cm³/mol. The lowest BCUT2D eigenvalue weighted by atomic mass is 9.91. The predicted octanol–water partition coefficient (Wildman–Crippen LogP) is 0.185. The summed E-state index contributed by atoms with van der Waals surface area (Å²) in [6.07, 6.45) is 4.33. The fourth-order valence-electron chi connectivity index (χ4n) is 1.73. The first kappa shape index (κ1) is 9.32. The minimum atomic E-state index is -0.400. The van der Waals surface area contributed by atoms with Crippen molar-refractivity contribution in [3.63, 3.8) is 0 Å². The molecule has 1 aliphatic carbocycles. The van der Waals surface area contributed by atoms with Crippen LogP contribution >= 0.6 is 0 Å². The van der Waals surface area contributed by atoms with Crippen molar-refractivity contribution in [3.8, 4) is 0 Å². The Morgan fingerprint density at radius 3 is 2.17 bits per heavy atom. The van der Waals surface area contributed by atoms with Crippen LogP contribution in [0.15, 0.2) is 0 Å². The summed E-state index contributed by atoms with van der Waals surface area (Å²) in [5.74, 6) is 0. The second-order valence-electron chi connectivity index (χ2n) is 3.35. The number of urea groups is 1. The molecule has 12 heavy (non-hydrogen) atoms. The van der Waals surface area contributed by atoms with Gasteiger partial charge in [0, 0.05) is 12.1 Å². The molecule has 0 aliphatic heterocycles. The molecular weight excluding hydrogens is 154 g/mol. The number of nitrogens with two attached hydrogens (primary N) is 1. The molecule has 1 saturated carbocycles. The lowest BCUT2D eigenvalue weighted by Crippen LogP contribution is -2.43. The first-order valence-electron chi connectivity index (χ1n) is 4.45. The fraction of sp³-hybridized carbons (Fsp3) is 0.875. The van der Waals surface area contributed by atoms with Crippen molar-refractivity contribution in [1.82, 2.24) is 10.6 Å². The Morgan fingerprint density at radius 1 is 1.25 bits per heavy atom. The maximum absolute atomic E-state index is 10.5. The highest BCUT2D eigenvalue weighted by molar-refractivity contribution is 5.71. The van der Waals surface area contributed by atoms with Crippen molar-refractivity contribution < 1.29 is 4.79 Å². The molecule has 4 heteroatoms.